The van der Waals surface area contributed by atoms with Crippen molar-refractivity contribution in [2.24, 2.45) is 0 Å². The van der Waals surface area contributed by atoms with Crippen LogP contribution in [-0.4, -0.2) is 52.6 Å². The van der Waals surface area contributed by atoms with Gasteiger partial charge in [-0.1, -0.05) is 0 Å². The van der Waals surface area contributed by atoms with Crippen molar-refractivity contribution in [1.29, 1.82) is 0 Å². The standard InChI is InChI=1S/C20H27N3O5S/c1-13-9-14(2)22(21-13)7-5-20(25)28-11-19(24)18-10-15(3)23(16(18)4)17-6-8-29(26,27)12-17/h9-10,17H,5-8,11-12H2,1-4H3. The van der Waals surface area contributed by atoms with Crippen LogP contribution in [0.25, 0.3) is 0 Å². The van der Waals surface area contributed by atoms with E-state index in [9.17, 15) is 18.0 Å². The van der Waals surface area contributed by atoms with Crippen LogP contribution in [0.4, 0.5) is 0 Å². The molecule has 1 saturated heterocycles. The molecule has 3 rings (SSSR count). The molecule has 2 aromatic rings. The summed E-state index contributed by atoms with van der Waals surface area (Å²) in [6.07, 6.45) is 0.682. The fourth-order valence-corrected chi connectivity index (χ4v) is 5.69. The Morgan fingerprint density at radius 3 is 2.48 bits per heavy atom. The van der Waals surface area contributed by atoms with Crippen LogP contribution in [0.1, 0.15) is 52.0 Å². The zero-order chi connectivity index (χ0) is 21.3. The third-order valence-electron chi connectivity index (χ3n) is 5.35. The topological polar surface area (TPSA) is 100 Å². The highest BCUT2D eigenvalue weighted by molar-refractivity contribution is 7.91. The van der Waals surface area contributed by atoms with Crippen LogP contribution in [0.3, 0.4) is 0 Å². The van der Waals surface area contributed by atoms with Crippen molar-refractivity contribution < 1.29 is 22.7 Å². The van der Waals surface area contributed by atoms with Crippen LogP contribution in [-0.2, 0) is 25.9 Å². The van der Waals surface area contributed by atoms with E-state index in [0.29, 0.717) is 24.2 Å². The molecule has 0 N–H and O–H groups in total. The van der Waals surface area contributed by atoms with E-state index in [4.69, 9.17) is 4.74 Å². The summed E-state index contributed by atoms with van der Waals surface area (Å²) in [5, 5.41) is 4.29. The van der Waals surface area contributed by atoms with Gasteiger partial charge in [0.15, 0.2) is 16.4 Å². The van der Waals surface area contributed by atoms with Crippen LogP contribution < -0.4 is 0 Å². The highest BCUT2D eigenvalue weighted by atomic mass is 32.2. The highest BCUT2D eigenvalue weighted by Crippen LogP contribution is 2.29. The Balaban J connectivity index is 1.59. The number of carbonyl (C=O) groups is 2. The van der Waals surface area contributed by atoms with E-state index in [0.717, 1.165) is 17.1 Å². The van der Waals surface area contributed by atoms with Gasteiger partial charge in [-0.3, -0.25) is 14.3 Å². The minimum absolute atomic E-state index is 0.0955. The Morgan fingerprint density at radius 1 is 1.17 bits per heavy atom. The molecule has 2 aromatic heterocycles. The van der Waals surface area contributed by atoms with Gasteiger partial charge in [-0.05, 0) is 46.2 Å². The largest absolute Gasteiger partial charge is 0.457 e. The molecule has 1 fully saturated rings. The number of carbonyl (C=O) groups excluding carboxylic acids is 2. The van der Waals surface area contributed by atoms with Crippen molar-refractivity contribution in [3.8, 4) is 0 Å². The van der Waals surface area contributed by atoms with Crippen LogP contribution in [0, 0.1) is 27.7 Å². The molecule has 0 bridgehead atoms. The van der Waals surface area contributed by atoms with Gasteiger partial charge in [0, 0.05) is 28.7 Å². The Kier molecular flexibility index (Phi) is 5.97. The molecule has 1 unspecified atom stereocenters. The van der Waals surface area contributed by atoms with E-state index in [1.807, 2.05) is 31.4 Å². The molecule has 29 heavy (non-hydrogen) atoms. The fraction of sp³-hybridized carbons (Fsp3) is 0.550. The number of hydrogen-bond acceptors (Lipinski definition) is 6. The molecule has 0 radical (unpaired) electrons. The van der Waals surface area contributed by atoms with Gasteiger partial charge in [0.1, 0.15) is 0 Å². The van der Waals surface area contributed by atoms with Crippen molar-refractivity contribution in [3.63, 3.8) is 0 Å². The number of sulfone groups is 1. The molecule has 9 heteroatoms. The van der Waals surface area contributed by atoms with E-state index in [1.165, 1.54) is 0 Å². The second-order valence-electron chi connectivity index (χ2n) is 7.70. The zero-order valence-electron chi connectivity index (χ0n) is 17.3. The monoisotopic (exact) mass is 421 g/mol. The lowest BCUT2D eigenvalue weighted by atomic mass is 10.1. The first kappa shape index (κ1) is 21.3. The molecule has 3 heterocycles. The maximum Gasteiger partial charge on any atom is 0.308 e. The smallest absolute Gasteiger partial charge is 0.308 e. The summed E-state index contributed by atoms with van der Waals surface area (Å²) in [5.41, 5.74) is 3.87. The molecular formula is C20H27N3O5S. The SMILES string of the molecule is Cc1cc(C)n(CCC(=O)OCC(=O)c2cc(C)n(C3CCS(=O)(=O)C3)c2C)n1. The highest BCUT2D eigenvalue weighted by Gasteiger charge is 2.31. The van der Waals surface area contributed by atoms with Gasteiger partial charge < -0.3 is 9.30 Å². The predicted molar refractivity (Wildman–Crippen MR) is 108 cm³/mol. The predicted octanol–water partition coefficient (Wildman–Crippen LogP) is 2.09. The number of Topliss-reactive ketones (excluding diaryl/α,β-unsaturated/α-hetero) is 1. The summed E-state index contributed by atoms with van der Waals surface area (Å²) in [6, 6.07) is 3.52. The maximum absolute atomic E-state index is 12.6. The summed E-state index contributed by atoms with van der Waals surface area (Å²) in [6.45, 7) is 7.53. The summed E-state index contributed by atoms with van der Waals surface area (Å²) in [7, 11) is -3.02. The average Bonchev–Trinajstić information content (AvgIpc) is 3.25. The molecule has 1 aliphatic rings. The number of rotatable bonds is 7. The first-order chi connectivity index (χ1) is 13.6. The minimum Gasteiger partial charge on any atom is -0.457 e. The number of nitrogens with zero attached hydrogens (tertiary/aromatic N) is 3. The Bertz CT molecular complexity index is 1050. The average molecular weight is 422 g/mol. The molecule has 8 nitrogen and oxygen atoms in total. The molecule has 0 aliphatic carbocycles. The molecule has 0 aromatic carbocycles. The van der Waals surface area contributed by atoms with Crippen LogP contribution in [0.5, 0.6) is 0 Å². The van der Waals surface area contributed by atoms with Gasteiger partial charge in [0.05, 0.1) is 30.2 Å². The van der Waals surface area contributed by atoms with Gasteiger partial charge in [-0.25, -0.2) is 8.42 Å². The number of aryl methyl sites for hydroxylation is 4. The lowest BCUT2D eigenvalue weighted by molar-refractivity contribution is -0.142. The van der Waals surface area contributed by atoms with Crippen molar-refractivity contribution in [1.82, 2.24) is 14.3 Å². The number of ether oxygens (including phenoxy) is 1. The second-order valence-corrected chi connectivity index (χ2v) is 9.92. The van der Waals surface area contributed by atoms with E-state index < -0.39 is 15.8 Å². The van der Waals surface area contributed by atoms with E-state index in [-0.39, 0.29) is 36.4 Å². The van der Waals surface area contributed by atoms with E-state index in [1.54, 1.807) is 17.7 Å². The van der Waals surface area contributed by atoms with E-state index >= 15 is 0 Å². The molecule has 1 aliphatic heterocycles. The van der Waals surface area contributed by atoms with Gasteiger partial charge in [-0.15, -0.1) is 0 Å². The van der Waals surface area contributed by atoms with Crippen LogP contribution in [0.2, 0.25) is 0 Å². The number of hydrogen-bond donors (Lipinski definition) is 0. The zero-order valence-corrected chi connectivity index (χ0v) is 18.1. The maximum atomic E-state index is 12.6. The first-order valence-corrected chi connectivity index (χ1v) is 11.5. The van der Waals surface area contributed by atoms with Gasteiger partial charge >= 0.3 is 5.97 Å². The van der Waals surface area contributed by atoms with Crippen molar-refractivity contribution in [2.75, 3.05) is 18.1 Å². The minimum atomic E-state index is -3.02. The number of aromatic nitrogens is 3. The van der Waals surface area contributed by atoms with Crippen LogP contribution in [0.15, 0.2) is 12.1 Å². The lowest BCUT2D eigenvalue weighted by Crippen LogP contribution is -2.18. The number of esters is 1. The summed E-state index contributed by atoms with van der Waals surface area (Å²) in [5.74, 6) is -0.477. The van der Waals surface area contributed by atoms with Crippen molar-refractivity contribution in [3.05, 3.63) is 40.5 Å². The summed E-state index contributed by atoms with van der Waals surface area (Å²) in [4.78, 5) is 24.6. The Hall–Kier alpha value is -2.42. The van der Waals surface area contributed by atoms with Crippen LogP contribution >= 0.6 is 0 Å². The van der Waals surface area contributed by atoms with Crippen molar-refractivity contribution >= 4 is 21.6 Å². The quantitative estimate of drug-likeness (QED) is 0.501. The first-order valence-electron chi connectivity index (χ1n) is 9.66. The molecule has 0 saturated carbocycles. The fourth-order valence-electron chi connectivity index (χ4n) is 3.99. The molecule has 0 spiro atoms. The molecular weight excluding hydrogens is 394 g/mol. The molecule has 158 valence electrons. The Morgan fingerprint density at radius 2 is 1.90 bits per heavy atom. The van der Waals surface area contributed by atoms with Gasteiger partial charge in [0.2, 0.25) is 5.78 Å². The summed E-state index contributed by atoms with van der Waals surface area (Å²) < 4.78 is 32.4. The third kappa shape index (κ3) is 4.77. The second kappa shape index (κ2) is 8.14. The molecule has 0 amide bonds. The third-order valence-corrected chi connectivity index (χ3v) is 7.10. The van der Waals surface area contributed by atoms with Gasteiger partial charge in [-0.2, -0.15) is 5.10 Å². The summed E-state index contributed by atoms with van der Waals surface area (Å²) >= 11 is 0. The Labute approximate surface area is 170 Å². The van der Waals surface area contributed by atoms with Gasteiger partial charge in [0.25, 0.3) is 0 Å². The normalized spacial score (nSPS) is 18.1. The molecule has 1 atom stereocenters. The number of ketones is 1. The van der Waals surface area contributed by atoms with E-state index in [2.05, 4.69) is 5.10 Å². The lowest BCUT2D eigenvalue weighted by Gasteiger charge is -2.16. The van der Waals surface area contributed by atoms with Crippen molar-refractivity contribution in [2.45, 2.75) is 53.1 Å².